The van der Waals surface area contributed by atoms with E-state index in [0.717, 1.165) is 69.8 Å². The highest BCUT2D eigenvalue weighted by Gasteiger charge is 2.23. The summed E-state index contributed by atoms with van der Waals surface area (Å²) in [6.07, 6.45) is 8.96. The number of nitrogens with one attached hydrogen (secondary N) is 1. The summed E-state index contributed by atoms with van der Waals surface area (Å²) in [5.74, 6) is -0.882. The maximum atomic E-state index is 13.7. The molecule has 1 saturated carbocycles. The van der Waals surface area contributed by atoms with Crippen molar-refractivity contribution in [3.05, 3.63) is 76.4 Å². The van der Waals surface area contributed by atoms with E-state index in [2.05, 4.69) is 22.4 Å². The molecule has 1 aliphatic carbocycles. The van der Waals surface area contributed by atoms with Crippen molar-refractivity contribution in [3.63, 3.8) is 0 Å². The molecule has 1 N–H and O–H groups in total. The lowest BCUT2D eigenvalue weighted by Gasteiger charge is -2.33. The number of halogens is 2. The summed E-state index contributed by atoms with van der Waals surface area (Å²) in [5.41, 5.74) is 3.57. The van der Waals surface area contributed by atoms with Crippen LogP contribution in [-0.4, -0.2) is 29.9 Å². The standard InChI is InChI=1S/C27H29F2N3O/c28-24-7-5-21(26(29)16-24)6-10-27(33)31-25-8-2-19(3-9-25)11-13-32-14-12-22-15-20(17-30)1-4-23(22)18-32/h1,4-7,10,15-16,19,25H,2-3,8-9,11-14,18H2,(H,31,33). The maximum absolute atomic E-state index is 13.7. The van der Waals surface area contributed by atoms with Gasteiger partial charge >= 0.3 is 0 Å². The third-order valence-corrected chi connectivity index (χ3v) is 6.85. The SMILES string of the molecule is N#Cc1ccc2c(c1)CCN(CCC1CCC(NC(=O)C=Cc3ccc(F)cc3F)CC1)C2. The number of rotatable bonds is 6. The second kappa shape index (κ2) is 10.7. The van der Waals surface area contributed by atoms with Crippen LogP contribution in [0.15, 0.2) is 42.5 Å². The summed E-state index contributed by atoms with van der Waals surface area (Å²) in [6.45, 7) is 3.06. The van der Waals surface area contributed by atoms with E-state index < -0.39 is 11.6 Å². The van der Waals surface area contributed by atoms with Crippen molar-refractivity contribution in [1.82, 2.24) is 10.2 Å². The smallest absolute Gasteiger partial charge is 0.244 e. The topological polar surface area (TPSA) is 56.1 Å². The fraction of sp³-hybridized carbons (Fsp3) is 0.407. The zero-order valence-electron chi connectivity index (χ0n) is 18.7. The van der Waals surface area contributed by atoms with Gasteiger partial charge in [-0.25, -0.2) is 8.78 Å². The first-order chi connectivity index (χ1) is 16.0. The van der Waals surface area contributed by atoms with Crippen LogP contribution in [-0.2, 0) is 17.8 Å². The van der Waals surface area contributed by atoms with Crippen LogP contribution in [0.3, 0.4) is 0 Å². The first-order valence-electron chi connectivity index (χ1n) is 11.7. The van der Waals surface area contributed by atoms with Gasteiger partial charge in [0.1, 0.15) is 11.6 Å². The molecule has 0 atom stereocenters. The number of amides is 1. The van der Waals surface area contributed by atoms with E-state index in [1.165, 1.54) is 35.4 Å². The first kappa shape index (κ1) is 23.1. The second-order valence-electron chi connectivity index (χ2n) is 9.14. The Morgan fingerprint density at radius 2 is 1.94 bits per heavy atom. The number of carbonyl (C=O) groups is 1. The molecule has 4 rings (SSSR count). The Bertz CT molecular complexity index is 1070. The third kappa shape index (κ3) is 6.27. The Morgan fingerprint density at radius 1 is 1.12 bits per heavy atom. The number of fused-ring (bicyclic) bond motifs is 1. The Labute approximate surface area is 193 Å². The molecule has 1 heterocycles. The predicted octanol–water partition coefficient (Wildman–Crippen LogP) is 4.97. The molecule has 1 fully saturated rings. The van der Waals surface area contributed by atoms with Gasteiger partial charge in [-0.2, -0.15) is 5.26 Å². The molecule has 0 unspecified atom stereocenters. The van der Waals surface area contributed by atoms with Crippen molar-refractivity contribution in [2.45, 2.75) is 51.1 Å². The minimum Gasteiger partial charge on any atom is -0.350 e. The van der Waals surface area contributed by atoms with Crippen LogP contribution in [0.1, 0.15) is 54.4 Å². The molecular formula is C27H29F2N3O. The van der Waals surface area contributed by atoms with E-state index in [9.17, 15) is 13.6 Å². The third-order valence-electron chi connectivity index (χ3n) is 6.85. The molecular weight excluding hydrogens is 420 g/mol. The average molecular weight is 450 g/mol. The normalized spacial score (nSPS) is 20.9. The summed E-state index contributed by atoms with van der Waals surface area (Å²) >= 11 is 0. The molecule has 172 valence electrons. The Hall–Kier alpha value is -3.04. The van der Waals surface area contributed by atoms with Crippen molar-refractivity contribution in [1.29, 1.82) is 5.26 Å². The van der Waals surface area contributed by atoms with Gasteiger partial charge in [0.05, 0.1) is 11.6 Å². The van der Waals surface area contributed by atoms with Crippen molar-refractivity contribution in [2.24, 2.45) is 5.92 Å². The highest BCUT2D eigenvalue weighted by Crippen LogP contribution is 2.28. The lowest BCUT2D eigenvalue weighted by Crippen LogP contribution is -2.37. The summed E-state index contributed by atoms with van der Waals surface area (Å²) in [5, 5.41) is 12.1. The zero-order chi connectivity index (χ0) is 23.2. The van der Waals surface area contributed by atoms with E-state index in [0.29, 0.717) is 5.92 Å². The fourth-order valence-corrected chi connectivity index (χ4v) is 4.88. The number of hydrogen-bond donors (Lipinski definition) is 1. The van der Waals surface area contributed by atoms with E-state index in [4.69, 9.17) is 5.26 Å². The lowest BCUT2D eigenvalue weighted by atomic mass is 9.84. The number of hydrogen-bond acceptors (Lipinski definition) is 3. The molecule has 2 aromatic rings. The first-order valence-corrected chi connectivity index (χ1v) is 11.7. The van der Waals surface area contributed by atoms with Gasteiger partial charge in [-0.1, -0.05) is 6.07 Å². The quantitative estimate of drug-likeness (QED) is 0.634. The summed E-state index contributed by atoms with van der Waals surface area (Å²) in [6, 6.07) is 11.7. The van der Waals surface area contributed by atoms with Gasteiger partial charge in [-0.15, -0.1) is 0 Å². The molecule has 1 amide bonds. The number of carbonyl (C=O) groups excluding carboxylic acids is 1. The largest absolute Gasteiger partial charge is 0.350 e. The van der Waals surface area contributed by atoms with Gasteiger partial charge in [-0.05, 0) is 92.5 Å². The molecule has 2 aromatic carbocycles. The minimum absolute atomic E-state index is 0.146. The predicted molar refractivity (Wildman–Crippen MR) is 124 cm³/mol. The van der Waals surface area contributed by atoms with Crippen LogP contribution >= 0.6 is 0 Å². The lowest BCUT2D eigenvalue weighted by molar-refractivity contribution is -0.117. The molecule has 0 saturated heterocycles. The Kier molecular flexibility index (Phi) is 7.51. The summed E-state index contributed by atoms with van der Waals surface area (Å²) < 4.78 is 26.7. The van der Waals surface area contributed by atoms with Gasteiger partial charge in [0.2, 0.25) is 5.91 Å². The number of nitrogens with zero attached hydrogens (tertiary/aromatic N) is 2. The summed E-state index contributed by atoms with van der Waals surface area (Å²) in [4.78, 5) is 14.7. The van der Waals surface area contributed by atoms with E-state index >= 15 is 0 Å². The Balaban J connectivity index is 1.17. The number of benzene rings is 2. The molecule has 0 radical (unpaired) electrons. The maximum Gasteiger partial charge on any atom is 0.244 e. The summed E-state index contributed by atoms with van der Waals surface area (Å²) in [7, 11) is 0. The van der Waals surface area contributed by atoms with Gasteiger partial charge in [-0.3, -0.25) is 9.69 Å². The molecule has 0 aromatic heterocycles. The van der Waals surface area contributed by atoms with E-state index in [1.807, 2.05) is 12.1 Å². The monoisotopic (exact) mass is 449 g/mol. The van der Waals surface area contributed by atoms with Crippen LogP contribution < -0.4 is 5.32 Å². The van der Waals surface area contributed by atoms with Gasteiger partial charge in [0, 0.05) is 36.8 Å². The molecule has 1 aliphatic heterocycles. The molecule has 33 heavy (non-hydrogen) atoms. The molecule has 6 heteroatoms. The van der Waals surface area contributed by atoms with Gasteiger partial charge < -0.3 is 5.32 Å². The number of nitriles is 1. The average Bonchev–Trinajstić information content (AvgIpc) is 2.82. The molecule has 0 spiro atoms. The van der Waals surface area contributed by atoms with Crippen LogP contribution in [0.4, 0.5) is 8.78 Å². The molecule has 4 nitrogen and oxygen atoms in total. The molecule has 2 aliphatic rings. The van der Waals surface area contributed by atoms with E-state index in [-0.39, 0.29) is 17.5 Å². The van der Waals surface area contributed by atoms with Crippen LogP contribution in [0.5, 0.6) is 0 Å². The zero-order valence-corrected chi connectivity index (χ0v) is 18.7. The van der Waals surface area contributed by atoms with Gasteiger partial charge in [0.25, 0.3) is 0 Å². The minimum atomic E-state index is -0.677. The highest BCUT2D eigenvalue weighted by atomic mass is 19.1. The van der Waals surface area contributed by atoms with Crippen molar-refractivity contribution in [3.8, 4) is 6.07 Å². The van der Waals surface area contributed by atoms with Crippen LogP contribution in [0.2, 0.25) is 0 Å². The van der Waals surface area contributed by atoms with Crippen molar-refractivity contribution < 1.29 is 13.6 Å². The Morgan fingerprint density at radius 3 is 2.70 bits per heavy atom. The van der Waals surface area contributed by atoms with Gasteiger partial charge in [0.15, 0.2) is 0 Å². The van der Waals surface area contributed by atoms with Crippen molar-refractivity contribution in [2.75, 3.05) is 13.1 Å². The van der Waals surface area contributed by atoms with E-state index in [1.54, 1.807) is 0 Å². The highest BCUT2D eigenvalue weighted by molar-refractivity contribution is 5.91. The van der Waals surface area contributed by atoms with Crippen LogP contribution in [0, 0.1) is 28.9 Å². The second-order valence-corrected chi connectivity index (χ2v) is 9.14. The fourth-order valence-electron chi connectivity index (χ4n) is 4.88. The molecule has 0 bridgehead atoms. The van der Waals surface area contributed by atoms with Crippen LogP contribution in [0.25, 0.3) is 6.08 Å². The van der Waals surface area contributed by atoms with Crippen molar-refractivity contribution >= 4 is 12.0 Å².